The average Bonchev–Trinajstić information content (AvgIpc) is 0.960. The van der Waals surface area contributed by atoms with Gasteiger partial charge in [0.2, 0.25) is 0 Å². The largest absolute Gasteiger partial charge is 0.472 e. The molecule has 0 saturated heterocycles. The lowest BCUT2D eigenvalue weighted by Crippen LogP contribution is -2.30. The minimum absolute atomic E-state index is 0.0918. The first-order chi connectivity index (χ1) is 49.2. The highest BCUT2D eigenvalue weighted by Gasteiger charge is 2.29. The van der Waals surface area contributed by atoms with Gasteiger partial charge in [0, 0.05) is 19.3 Å². The number of carbonyl (C=O) groups is 3. The van der Waals surface area contributed by atoms with Gasteiger partial charge in [0.25, 0.3) is 0 Å². The van der Waals surface area contributed by atoms with Gasteiger partial charge in [-0.15, -0.1) is 0 Å². The molecule has 0 radical (unpaired) electrons. The number of unbranched alkanes of at least 4 members (excludes halogenated alkanes) is 38. The highest BCUT2D eigenvalue weighted by Crippen LogP contribution is 2.45. The van der Waals surface area contributed by atoms with Crippen LogP contribution in [0.3, 0.4) is 0 Å². The topological polar surface area (TPSA) is 231 Å². The minimum atomic E-state index is -4.93. The Morgan fingerprint density at radius 1 is 0.277 bits per heavy atom. The summed E-state index contributed by atoms with van der Waals surface area (Å²) in [5, 5.41) is 20.6. The van der Waals surface area contributed by atoms with Crippen LogP contribution in [0.2, 0.25) is 0 Å². The third-order valence-electron chi connectivity index (χ3n) is 17.3. The molecule has 16 nitrogen and oxygen atoms in total. The second-order valence-corrected chi connectivity index (χ2v) is 30.1. The Kier molecular flexibility index (Phi) is 73.5. The van der Waals surface area contributed by atoms with Crippen molar-refractivity contribution >= 4 is 33.6 Å². The number of ether oxygens (including phenoxy) is 3. The molecule has 18 heteroatoms. The summed E-state index contributed by atoms with van der Waals surface area (Å²) >= 11 is 0. The lowest BCUT2D eigenvalue weighted by Gasteiger charge is -2.21. The van der Waals surface area contributed by atoms with Crippen LogP contribution < -0.4 is 0 Å². The predicted molar refractivity (Wildman–Crippen MR) is 417 cm³/mol. The lowest BCUT2D eigenvalue weighted by molar-refractivity contribution is -0.161. The smallest absolute Gasteiger partial charge is 0.463 e. The van der Waals surface area contributed by atoms with Gasteiger partial charge < -0.3 is 34.2 Å². The van der Waals surface area contributed by atoms with Crippen molar-refractivity contribution in [1.29, 1.82) is 0 Å². The lowest BCUT2D eigenvalue weighted by atomic mass is 10.0. The van der Waals surface area contributed by atoms with E-state index in [1.54, 1.807) is 0 Å². The molecular formula is C83H148O16P2. The number of rotatable bonds is 77. The molecular weight excluding hydrogens is 1310 g/mol. The van der Waals surface area contributed by atoms with Gasteiger partial charge in [-0.1, -0.05) is 311 Å². The zero-order chi connectivity index (χ0) is 73.7. The van der Waals surface area contributed by atoms with Crippen LogP contribution in [0.15, 0.2) is 97.2 Å². The van der Waals surface area contributed by atoms with Crippen LogP contribution in [0.1, 0.15) is 355 Å². The van der Waals surface area contributed by atoms with E-state index in [0.717, 1.165) is 135 Å². The molecule has 4 N–H and O–H groups in total. The molecule has 586 valence electrons. The number of phosphoric ester groups is 2. The molecule has 5 atom stereocenters. The Bertz CT molecular complexity index is 2220. The summed E-state index contributed by atoms with van der Waals surface area (Å²) in [5.41, 5.74) is 0. The van der Waals surface area contributed by atoms with E-state index in [1.807, 2.05) is 0 Å². The van der Waals surface area contributed by atoms with Gasteiger partial charge in [-0.25, -0.2) is 9.13 Å². The van der Waals surface area contributed by atoms with E-state index in [-0.39, 0.29) is 19.3 Å². The van der Waals surface area contributed by atoms with Crippen molar-refractivity contribution < 1.29 is 75.8 Å². The van der Waals surface area contributed by atoms with Gasteiger partial charge >= 0.3 is 33.6 Å². The second-order valence-electron chi connectivity index (χ2n) is 27.2. The van der Waals surface area contributed by atoms with E-state index in [0.29, 0.717) is 19.3 Å². The van der Waals surface area contributed by atoms with E-state index in [1.165, 1.54) is 161 Å². The second kappa shape index (κ2) is 76.1. The number of allylic oxidation sites excluding steroid dienone is 16. The zero-order valence-corrected chi connectivity index (χ0v) is 65.9. The maximum Gasteiger partial charge on any atom is 0.472 e. The summed E-state index contributed by atoms with van der Waals surface area (Å²) in [6.07, 6.45) is 87.8. The van der Waals surface area contributed by atoms with Crippen molar-refractivity contribution in [3.63, 3.8) is 0 Å². The summed E-state index contributed by atoms with van der Waals surface area (Å²) in [5.74, 6) is -1.59. The first-order valence-corrected chi connectivity index (χ1v) is 43.5. The van der Waals surface area contributed by atoms with Crippen LogP contribution in [0.25, 0.3) is 0 Å². The molecule has 0 aliphatic heterocycles. The molecule has 0 aliphatic carbocycles. The number of esters is 3. The van der Waals surface area contributed by atoms with E-state index >= 15 is 0 Å². The van der Waals surface area contributed by atoms with Crippen LogP contribution >= 0.6 is 15.6 Å². The van der Waals surface area contributed by atoms with E-state index in [9.17, 15) is 43.5 Å². The molecule has 0 saturated carbocycles. The first-order valence-electron chi connectivity index (χ1n) is 40.5. The maximum absolute atomic E-state index is 12.9. The van der Waals surface area contributed by atoms with E-state index in [2.05, 4.69) is 118 Å². The van der Waals surface area contributed by atoms with E-state index < -0.39 is 91.5 Å². The summed E-state index contributed by atoms with van der Waals surface area (Å²) in [7, 11) is -9.78. The Morgan fingerprint density at radius 3 is 0.822 bits per heavy atom. The minimum Gasteiger partial charge on any atom is -0.463 e. The van der Waals surface area contributed by atoms with Crippen LogP contribution in [0.5, 0.6) is 0 Å². The highest BCUT2D eigenvalue weighted by molar-refractivity contribution is 7.47. The van der Waals surface area contributed by atoms with E-state index in [4.69, 9.17) is 32.3 Å². The Labute approximate surface area is 616 Å². The summed E-state index contributed by atoms with van der Waals surface area (Å²) in [6.45, 7) is 2.59. The molecule has 0 aromatic heterocycles. The van der Waals surface area contributed by atoms with Crippen LogP contribution in [0, 0.1) is 0 Å². The van der Waals surface area contributed by atoms with Crippen molar-refractivity contribution in [2.75, 3.05) is 39.6 Å². The molecule has 0 fully saturated rings. The number of aliphatic hydroxyl groups is 2. The fraction of sp³-hybridized carbons (Fsp3) is 0.771. The van der Waals surface area contributed by atoms with Gasteiger partial charge in [0.15, 0.2) is 6.10 Å². The van der Waals surface area contributed by atoms with Gasteiger partial charge in [-0.05, 0) is 122 Å². The Balaban J connectivity index is 4.31. The molecule has 5 unspecified atom stereocenters. The predicted octanol–water partition coefficient (Wildman–Crippen LogP) is 23.8. The molecule has 0 amide bonds. The SMILES string of the molecule is CCCC/C=C\CCCCCCCC(=O)OC(COC(=O)CCCCCCCC/C=C\C/C=C\C/C=C\CCCCC)COP(=O)(O)OCC(O)COP(=O)(O)OCC(O)COC(=O)CCCCCCCCCCCCCCCCCCCCC/C=C\C/C=C\C/C=C\C/C=C\CCCCC. The van der Waals surface area contributed by atoms with Gasteiger partial charge in [-0.3, -0.25) is 32.5 Å². The quantitative estimate of drug-likeness (QED) is 0.0146. The third-order valence-corrected chi connectivity index (χ3v) is 19.2. The molecule has 0 bridgehead atoms. The number of hydrogen-bond donors (Lipinski definition) is 4. The molecule has 0 aliphatic rings. The van der Waals surface area contributed by atoms with Crippen molar-refractivity contribution in [2.45, 2.75) is 373 Å². The fourth-order valence-corrected chi connectivity index (χ4v) is 12.6. The van der Waals surface area contributed by atoms with Crippen LogP contribution in [-0.2, 0) is 55.8 Å². The van der Waals surface area contributed by atoms with Crippen molar-refractivity contribution in [1.82, 2.24) is 0 Å². The molecule has 0 rings (SSSR count). The molecule has 0 heterocycles. The number of aliphatic hydroxyl groups excluding tert-OH is 2. The molecule has 0 aromatic carbocycles. The molecule has 0 aromatic rings. The fourth-order valence-electron chi connectivity index (χ4n) is 11.0. The van der Waals surface area contributed by atoms with Crippen LogP contribution in [-0.4, -0.2) is 95.9 Å². The van der Waals surface area contributed by atoms with Crippen molar-refractivity contribution in [3.8, 4) is 0 Å². The van der Waals surface area contributed by atoms with Gasteiger partial charge in [0.05, 0.1) is 26.4 Å². The van der Waals surface area contributed by atoms with Crippen molar-refractivity contribution in [2.24, 2.45) is 0 Å². The van der Waals surface area contributed by atoms with Crippen LogP contribution in [0.4, 0.5) is 0 Å². The zero-order valence-electron chi connectivity index (χ0n) is 64.1. The number of phosphoric acid groups is 2. The monoisotopic (exact) mass is 1460 g/mol. The Hall–Kier alpha value is -3.53. The van der Waals surface area contributed by atoms with Crippen molar-refractivity contribution in [3.05, 3.63) is 97.2 Å². The molecule has 101 heavy (non-hydrogen) atoms. The third kappa shape index (κ3) is 77.4. The summed E-state index contributed by atoms with van der Waals surface area (Å²) in [4.78, 5) is 58.5. The van der Waals surface area contributed by atoms with Gasteiger partial charge in [0.1, 0.15) is 25.4 Å². The highest BCUT2D eigenvalue weighted by atomic mass is 31.2. The number of carbonyl (C=O) groups excluding carboxylic acids is 3. The van der Waals surface area contributed by atoms with Gasteiger partial charge in [-0.2, -0.15) is 0 Å². The average molecular weight is 1460 g/mol. The summed E-state index contributed by atoms with van der Waals surface area (Å²) in [6, 6.07) is 0. The summed E-state index contributed by atoms with van der Waals surface area (Å²) < 4.78 is 61.0. The standard InChI is InChI=1S/C83H148O16P2/c1-4-7-10-13-16-19-22-24-26-28-30-31-32-33-34-35-36-37-38-39-40-41-42-43-44-45-47-49-50-52-55-57-60-63-66-69-81(86)93-72-78(84)73-95-100(89,90)96-74-79(85)75-97-101(91,92)98-77-80(99-83(88)71-68-65-62-59-54-21-18-15-12-9-6-3)76-94-82(87)70-67-64-61-58-56-53-51-48-46-29-27-25-23-20-17-14-11-8-5-2/h15-20,24-27,30-31,33-34,46,48,78-80,84-85H,4-14,21-23,28-29,32,35-45,47,49-77H2,1-3H3,(H,89,90)(H,91,92)/b18-15-,19-16-,20-17-,26-24-,27-25-,31-30-,34-33-,48-46-. The Morgan fingerprint density at radius 2 is 0.505 bits per heavy atom. The maximum atomic E-state index is 12.9. The first kappa shape index (κ1) is 97.5. The normalized spacial score (nSPS) is 14.5. The molecule has 0 spiro atoms. The number of hydrogen-bond acceptors (Lipinski definition) is 14.